The lowest BCUT2D eigenvalue weighted by Gasteiger charge is -2.27. The van der Waals surface area contributed by atoms with E-state index >= 15 is 0 Å². The standard InChI is InChI=1S/C21H24N2O2/c1-2-15-22-16-9-10-17-23-20(24)21(25,18-11-5-3-6-12-18)19-13-7-4-8-14-19/h3-8,11-14,22,25H,2,15-17H2,1H3,(H,23,24). The maximum absolute atomic E-state index is 12.8. The highest BCUT2D eigenvalue weighted by atomic mass is 16.3. The maximum atomic E-state index is 12.8. The lowest BCUT2D eigenvalue weighted by atomic mass is 9.85. The molecule has 1 amide bonds. The molecule has 0 atom stereocenters. The maximum Gasteiger partial charge on any atom is 0.262 e. The van der Waals surface area contributed by atoms with Crippen LogP contribution in [0.1, 0.15) is 24.5 Å². The summed E-state index contributed by atoms with van der Waals surface area (Å²) in [6, 6.07) is 17.9. The lowest BCUT2D eigenvalue weighted by Crippen LogP contribution is -2.45. The predicted molar refractivity (Wildman–Crippen MR) is 99.8 cm³/mol. The summed E-state index contributed by atoms with van der Waals surface area (Å²) in [4.78, 5) is 12.8. The molecule has 0 spiro atoms. The fraction of sp³-hybridized carbons (Fsp3) is 0.286. The molecule has 0 saturated carbocycles. The van der Waals surface area contributed by atoms with Crippen LogP contribution >= 0.6 is 0 Å². The van der Waals surface area contributed by atoms with Gasteiger partial charge < -0.3 is 15.7 Å². The van der Waals surface area contributed by atoms with Crippen LogP contribution in [0.5, 0.6) is 0 Å². The van der Waals surface area contributed by atoms with Crippen molar-refractivity contribution < 1.29 is 9.90 Å². The molecule has 2 rings (SSSR count). The van der Waals surface area contributed by atoms with Gasteiger partial charge in [-0.1, -0.05) is 79.4 Å². The Bertz CT molecular complexity index is 678. The van der Waals surface area contributed by atoms with Crippen molar-refractivity contribution in [1.82, 2.24) is 10.6 Å². The van der Waals surface area contributed by atoms with Crippen LogP contribution in [0.2, 0.25) is 0 Å². The van der Waals surface area contributed by atoms with Crippen LogP contribution in [0.15, 0.2) is 60.7 Å². The molecular formula is C21H24N2O2. The molecule has 0 aliphatic heterocycles. The van der Waals surface area contributed by atoms with Gasteiger partial charge in [-0.15, -0.1) is 0 Å². The number of nitrogens with one attached hydrogen (secondary N) is 2. The smallest absolute Gasteiger partial charge is 0.262 e. The zero-order valence-electron chi connectivity index (χ0n) is 14.5. The van der Waals surface area contributed by atoms with Gasteiger partial charge in [-0.05, 0) is 24.1 Å². The molecular weight excluding hydrogens is 312 g/mol. The van der Waals surface area contributed by atoms with Crippen LogP contribution in [-0.4, -0.2) is 30.6 Å². The molecule has 0 unspecified atom stereocenters. The van der Waals surface area contributed by atoms with Gasteiger partial charge in [0.05, 0.1) is 13.1 Å². The second-order valence-electron chi connectivity index (χ2n) is 5.66. The summed E-state index contributed by atoms with van der Waals surface area (Å²) in [5.41, 5.74) is -0.697. The van der Waals surface area contributed by atoms with Crippen molar-refractivity contribution in [2.75, 3.05) is 19.6 Å². The van der Waals surface area contributed by atoms with Crippen molar-refractivity contribution >= 4 is 5.91 Å². The first-order valence-corrected chi connectivity index (χ1v) is 8.47. The number of amides is 1. The van der Waals surface area contributed by atoms with Crippen LogP contribution in [0.4, 0.5) is 0 Å². The number of carbonyl (C=O) groups is 1. The summed E-state index contributed by atoms with van der Waals surface area (Å²) >= 11 is 0. The molecule has 0 saturated heterocycles. The Labute approximate surface area is 149 Å². The Kier molecular flexibility index (Phi) is 7.21. The summed E-state index contributed by atoms with van der Waals surface area (Å²) in [7, 11) is 0. The average Bonchev–Trinajstić information content (AvgIpc) is 2.67. The minimum absolute atomic E-state index is 0.189. The van der Waals surface area contributed by atoms with Gasteiger partial charge in [-0.2, -0.15) is 0 Å². The van der Waals surface area contributed by atoms with Gasteiger partial charge in [0.2, 0.25) is 0 Å². The molecule has 0 fully saturated rings. The molecule has 0 aromatic heterocycles. The third-order valence-corrected chi connectivity index (χ3v) is 3.81. The third-order valence-electron chi connectivity index (χ3n) is 3.81. The quantitative estimate of drug-likeness (QED) is 0.536. The number of hydrogen-bond donors (Lipinski definition) is 3. The van der Waals surface area contributed by atoms with Gasteiger partial charge >= 0.3 is 0 Å². The predicted octanol–water partition coefficient (Wildman–Crippen LogP) is 2.04. The average molecular weight is 336 g/mol. The molecule has 25 heavy (non-hydrogen) atoms. The van der Waals surface area contributed by atoms with Crippen molar-refractivity contribution in [1.29, 1.82) is 0 Å². The van der Waals surface area contributed by atoms with Gasteiger partial charge in [-0.25, -0.2) is 0 Å². The molecule has 0 bridgehead atoms. The van der Waals surface area contributed by atoms with Gasteiger partial charge in [-0.3, -0.25) is 4.79 Å². The molecule has 0 aliphatic rings. The van der Waals surface area contributed by atoms with E-state index in [1.807, 2.05) is 12.1 Å². The highest BCUT2D eigenvalue weighted by Gasteiger charge is 2.39. The van der Waals surface area contributed by atoms with E-state index in [1.165, 1.54) is 0 Å². The number of carbonyl (C=O) groups excluding carboxylic acids is 1. The normalized spacial score (nSPS) is 10.6. The molecule has 3 N–H and O–H groups in total. The van der Waals surface area contributed by atoms with E-state index in [1.54, 1.807) is 48.5 Å². The zero-order valence-corrected chi connectivity index (χ0v) is 14.5. The summed E-state index contributed by atoms with van der Waals surface area (Å²) < 4.78 is 0. The second-order valence-corrected chi connectivity index (χ2v) is 5.66. The second kappa shape index (κ2) is 9.63. The van der Waals surface area contributed by atoms with E-state index in [9.17, 15) is 9.90 Å². The highest BCUT2D eigenvalue weighted by Crippen LogP contribution is 2.29. The van der Waals surface area contributed by atoms with Crippen molar-refractivity contribution in [3.05, 3.63) is 71.8 Å². The molecule has 4 nitrogen and oxygen atoms in total. The summed E-state index contributed by atoms with van der Waals surface area (Å²) in [5, 5.41) is 17.1. The van der Waals surface area contributed by atoms with Crippen LogP contribution in [-0.2, 0) is 10.4 Å². The van der Waals surface area contributed by atoms with E-state index in [-0.39, 0.29) is 6.54 Å². The Morgan fingerprint density at radius 3 is 2.00 bits per heavy atom. The molecule has 0 heterocycles. The van der Waals surface area contributed by atoms with Crippen molar-refractivity contribution in [2.24, 2.45) is 0 Å². The number of benzene rings is 2. The number of rotatable bonds is 7. The topological polar surface area (TPSA) is 61.4 Å². The molecule has 2 aromatic rings. The van der Waals surface area contributed by atoms with Crippen LogP contribution in [0.3, 0.4) is 0 Å². The van der Waals surface area contributed by atoms with Crippen molar-refractivity contribution in [3.63, 3.8) is 0 Å². The molecule has 0 radical (unpaired) electrons. The summed E-state index contributed by atoms with van der Waals surface area (Å²) in [6.07, 6.45) is 1.06. The van der Waals surface area contributed by atoms with Crippen LogP contribution < -0.4 is 10.6 Å². The largest absolute Gasteiger partial charge is 0.372 e. The van der Waals surface area contributed by atoms with Crippen molar-refractivity contribution in [3.8, 4) is 11.8 Å². The fourth-order valence-electron chi connectivity index (χ4n) is 2.49. The molecule has 2 aromatic carbocycles. The minimum Gasteiger partial charge on any atom is -0.372 e. The Balaban J connectivity index is 2.13. The van der Waals surface area contributed by atoms with E-state index < -0.39 is 11.5 Å². The summed E-state index contributed by atoms with van der Waals surface area (Å²) in [5.74, 6) is 5.36. The Morgan fingerprint density at radius 2 is 1.48 bits per heavy atom. The molecule has 4 heteroatoms. The van der Waals surface area contributed by atoms with E-state index in [0.29, 0.717) is 17.7 Å². The zero-order chi connectivity index (χ0) is 18.0. The fourth-order valence-corrected chi connectivity index (χ4v) is 2.49. The highest BCUT2D eigenvalue weighted by molar-refractivity contribution is 5.90. The minimum atomic E-state index is -1.75. The van der Waals surface area contributed by atoms with Gasteiger partial charge in [0, 0.05) is 0 Å². The first-order valence-electron chi connectivity index (χ1n) is 8.47. The first-order chi connectivity index (χ1) is 12.2. The third kappa shape index (κ3) is 4.93. The van der Waals surface area contributed by atoms with Gasteiger partial charge in [0.1, 0.15) is 0 Å². The van der Waals surface area contributed by atoms with Gasteiger partial charge in [0.15, 0.2) is 5.60 Å². The first kappa shape index (κ1) is 18.7. The monoisotopic (exact) mass is 336 g/mol. The Hall–Kier alpha value is -2.61. The van der Waals surface area contributed by atoms with E-state index in [0.717, 1.165) is 13.0 Å². The van der Waals surface area contributed by atoms with Crippen LogP contribution in [0, 0.1) is 11.8 Å². The van der Waals surface area contributed by atoms with E-state index in [4.69, 9.17) is 0 Å². The van der Waals surface area contributed by atoms with E-state index in [2.05, 4.69) is 29.4 Å². The van der Waals surface area contributed by atoms with Gasteiger partial charge in [0.25, 0.3) is 5.91 Å². The SMILES string of the molecule is CCCNCC#CCNC(=O)C(O)(c1ccccc1)c1ccccc1. The number of aliphatic hydroxyl groups is 1. The molecule has 130 valence electrons. The number of hydrogen-bond acceptors (Lipinski definition) is 3. The van der Waals surface area contributed by atoms with Crippen molar-refractivity contribution in [2.45, 2.75) is 18.9 Å². The van der Waals surface area contributed by atoms with Crippen LogP contribution in [0.25, 0.3) is 0 Å². The summed E-state index contributed by atoms with van der Waals surface area (Å²) in [6.45, 7) is 3.79. The molecule has 0 aliphatic carbocycles. The Morgan fingerprint density at radius 1 is 0.960 bits per heavy atom. The lowest BCUT2D eigenvalue weighted by molar-refractivity contribution is -0.136.